The van der Waals surface area contributed by atoms with Gasteiger partial charge in [-0.2, -0.15) is 0 Å². The van der Waals surface area contributed by atoms with Crippen molar-refractivity contribution in [3.63, 3.8) is 0 Å². The van der Waals surface area contributed by atoms with Crippen molar-refractivity contribution >= 4 is 10.9 Å². The summed E-state index contributed by atoms with van der Waals surface area (Å²) in [4.78, 5) is 3.76. The van der Waals surface area contributed by atoms with Gasteiger partial charge in [-0.05, 0) is 36.8 Å². The van der Waals surface area contributed by atoms with Crippen molar-refractivity contribution in [2.75, 3.05) is 0 Å². The third-order valence-corrected chi connectivity index (χ3v) is 6.14. The van der Waals surface area contributed by atoms with Crippen molar-refractivity contribution in [1.29, 1.82) is 0 Å². The van der Waals surface area contributed by atoms with Crippen LogP contribution < -0.4 is 0 Å². The molecule has 3 aliphatic rings. The Hall–Kier alpha value is -1.50. The van der Waals surface area contributed by atoms with Gasteiger partial charge in [0.05, 0.1) is 0 Å². The van der Waals surface area contributed by atoms with Crippen LogP contribution in [-0.2, 0) is 5.41 Å². The van der Waals surface area contributed by atoms with Crippen LogP contribution in [0.5, 0.6) is 0 Å². The zero-order chi connectivity index (χ0) is 13.2. The minimum absolute atomic E-state index is 0.441. The Labute approximate surface area is 120 Å². The Kier molecular flexibility index (Phi) is 2.12. The lowest BCUT2D eigenvalue weighted by Crippen LogP contribution is -2.39. The van der Waals surface area contributed by atoms with E-state index in [1.165, 1.54) is 55.1 Å². The van der Waals surface area contributed by atoms with Gasteiger partial charge in [-0.25, -0.2) is 0 Å². The third kappa shape index (κ3) is 1.24. The zero-order valence-electron chi connectivity index (χ0n) is 11.9. The molecular formula is C19H21N. The van der Waals surface area contributed by atoms with Crippen LogP contribution in [0, 0.1) is 5.92 Å². The summed E-state index contributed by atoms with van der Waals surface area (Å²) in [6.45, 7) is 0. The van der Waals surface area contributed by atoms with Crippen LogP contribution in [0.4, 0.5) is 0 Å². The summed E-state index contributed by atoms with van der Waals surface area (Å²) in [6.07, 6.45) is 13.4. The van der Waals surface area contributed by atoms with E-state index >= 15 is 0 Å². The highest BCUT2D eigenvalue weighted by Gasteiger charge is 2.49. The molecule has 0 amide bonds. The summed E-state index contributed by atoms with van der Waals surface area (Å²) in [5, 5.41) is 1.50. The Morgan fingerprint density at radius 2 is 1.85 bits per heavy atom. The Morgan fingerprint density at radius 3 is 2.75 bits per heavy atom. The van der Waals surface area contributed by atoms with Crippen LogP contribution in [0.2, 0.25) is 0 Å². The van der Waals surface area contributed by atoms with E-state index in [0.717, 1.165) is 5.92 Å². The van der Waals surface area contributed by atoms with Crippen LogP contribution in [-0.4, -0.2) is 4.98 Å². The summed E-state index contributed by atoms with van der Waals surface area (Å²) in [6, 6.07) is 8.95. The number of hydrogen-bond acceptors (Lipinski definition) is 0. The van der Waals surface area contributed by atoms with Crippen LogP contribution in [0.1, 0.15) is 55.7 Å². The molecule has 1 spiro atoms. The molecule has 1 saturated carbocycles. The van der Waals surface area contributed by atoms with Gasteiger partial charge in [0.2, 0.25) is 0 Å². The highest BCUT2D eigenvalue weighted by molar-refractivity contribution is 5.87. The number of nitrogens with one attached hydrogen (secondary N) is 1. The van der Waals surface area contributed by atoms with Crippen LogP contribution in [0.3, 0.4) is 0 Å². The summed E-state index contributed by atoms with van der Waals surface area (Å²) in [7, 11) is 0. The number of hydrogen-bond donors (Lipinski definition) is 1. The van der Waals surface area contributed by atoms with E-state index in [4.69, 9.17) is 0 Å². The molecule has 1 heterocycles. The molecule has 102 valence electrons. The Balaban J connectivity index is 1.85. The van der Waals surface area contributed by atoms with Gasteiger partial charge < -0.3 is 4.98 Å². The molecule has 2 atom stereocenters. The largest absolute Gasteiger partial charge is 0.358 e. The van der Waals surface area contributed by atoms with Crippen molar-refractivity contribution in [3.8, 4) is 0 Å². The number of aromatic nitrogens is 1. The van der Waals surface area contributed by atoms with Crippen molar-refractivity contribution in [2.45, 2.75) is 49.9 Å². The molecule has 0 aliphatic heterocycles. The van der Waals surface area contributed by atoms with Crippen LogP contribution in [0.25, 0.3) is 10.9 Å². The maximum Gasteiger partial charge on any atom is 0.0459 e. The fourth-order valence-electron chi connectivity index (χ4n) is 5.29. The van der Waals surface area contributed by atoms with Crippen molar-refractivity contribution < 1.29 is 0 Å². The van der Waals surface area contributed by atoms with Gasteiger partial charge in [0.15, 0.2) is 0 Å². The number of H-pyrrole nitrogens is 1. The number of fused-ring (bicyclic) bond motifs is 8. The first kappa shape index (κ1) is 11.2. The molecule has 3 aliphatic carbocycles. The third-order valence-electron chi connectivity index (χ3n) is 6.14. The summed E-state index contributed by atoms with van der Waals surface area (Å²) in [5.41, 5.74) is 5.02. The Bertz CT molecular complexity index is 700. The summed E-state index contributed by atoms with van der Waals surface area (Å²) < 4.78 is 0. The average Bonchev–Trinajstić information content (AvgIpc) is 3.11. The van der Waals surface area contributed by atoms with E-state index in [1.807, 2.05) is 0 Å². The minimum Gasteiger partial charge on any atom is -0.358 e. The second kappa shape index (κ2) is 3.78. The number of aromatic amines is 1. The number of rotatable bonds is 0. The van der Waals surface area contributed by atoms with Gasteiger partial charge in [0, 0.05) is 27.9 Å². The van der Waals surface area contributed by atoms with Crippen molar-refractivity contribution in [2.24, 2.45) is 5.92 Å². The van der Waals surface area contributed by atoms with Crippen molar-refractivity contribution in [1.82, 2.24) is 4.98 Å². The smallest absolute Gasteiger partial charge is 0.0459 e. The second-order valence-electron chi connectivity index (χ2n) is 7.01. The standard InChI is InChI=1S/C19H21N/c1-4-10-19(11-5-1)14-9-8-13(12-14)18-17(19)15-6-2-3-7-16(15)20-18/h2-3,6-9,13-14,20H,1,4-5,10-12H2/t13-,14+/m0/s1. The topological polar surface area (TPSA) is 15.8 Å². The number of benzene rings is 1. The maximum absolute atomic E-state index is 3.76. The molecule has 5 rings (SSSR count). The van der Waals surface area contributed by atoms with E-state index in [2.05, 4.69) is 41.4 Å². The molecule has 0 radical (unpaired) electrons. The monoisotopic (exact) mass is 263 g/mol. The first-order valence-electron chi connectivity index (χ1n) is 8.18. The summed E-state index contributed by atoms with van der Waals surface area (Å²) in [5.74, 6) is 1.44. The molecule has 1 fully saturated rings. The molecule has 2 bridgehead atoms. The lowest BCUT2D eigenvalue weighted by molar-refractivity contribution is 0.206. The SMILES string of the molecule is C1=C[C@H]2C[C@@H]1C1(CCCCC1)c1c2[nH]c2ccccc12. The molecule has 1 aromatic carbocycles. The lowest BCUT2D eigenvalue weighted by atomic mass is 9.58. The van der Waals surface area contributed by atoms with Gasteiger partial charge in [-0.3, -0.25) is 0 Å². The van der Waals surface area contributed by atoms with Gasteiger partial charge in [-0.1, -0.05) is 49.6 Å². The molecule has 20 heavy (non-hydrogen) atoms. The van der Waals surface area contributed by atoms with E-state index in [-0.39, 0.29) is 0 Å². The predicted octanol–water partition coefficient (Wildman–Crippen LogP) is 5.04. The predicted molar refractivity (Wildman–Crippen MR) is 83.0 cm³/mol. The Morgan fingerprint density at radius 1 is 1.00 bits per heavy atom. The maximum atomic E-state index is 3.76. The molecule has 1 nitrogen and oxygen atoms in total. The first-order chi connectivity index (χ1) is 9.88. The van der Waals surface area contributed by atoms with E-state index in [1.54, 1.807) is 5.56 Å². The molecule has 1 N–H and O–H groups in total. The molecule has 0 saturated heterocycles. The highest BCUT2D eigenvalue weighted by Crippen LogP contribution is 2.58. The molecule has 2 aromatic rings. The fourth-order valence-corrected chi connectivity index (χ4v) is 5.29. The molecule has 1 aromatic heterocycles. The van der Waals surface area contributed by atoms with E-state index < -0.39 is 0 Å². The van der Waals surface area contributed by atoms with Gasteiger partial charge >= 0.3 is 0 Å². The van der Waals surface area contributed by atoms with E-state index in [9.17, 15) is 0 Å². The molecule has 0 unspecified atom stereocenters. The lowest BCUT2D eigenvalue weighted by Gasteiger charge is -2.45. The van der Waals surface area contributed by atoms with Crippen molar-refractivity contribution in [3.05, 3.63) is 47.7 Å². The van der Waals surface area contributed by atoms with Gasteiger partial charge in [-0.15, -0.1) is 0 Å². The first-order valence-corrected chi connectivity index (χ1v) is 8.18. The quantitative estimate of drug-likeness (QED) is 0.641. The average molecular weight is 263 g/mol. The number of allylic oxidation sites excluding steroid dienone is 2. The summed E-state index contributed by atoms with van der Waals surface area (Å²) >= 11 is 0. The zero-order valence-corrected chi connectivity index (χ0v) is 11.9. The minimum atomic E-state index is 0.441. The molecule has 1 heteroatoms. The number of para-hydroxylation sites is 1. The fraction of sp³-hybridized carbons (Fsp3) is 0.474. The van der Waals surface area contributed by atoms with E-state index in [0.29, 0.717) is 11.3 Å². The van der Waals surface area contributed by atoms with Gasteiger partial charge in [0.1, 0.15) is 0 Å². The second-order valence-corrected chi connectivity index (χ2v) is 7.01. The molecular weight excluding hydrogens is 242 g/mol. The van der Waals surface area contributed by atoms with Crippen LogP contribution >= 0.6 is 0 Å². The van der Waals surface area contributed by atoms with Crippen LogP contribution in [0.15, 0.2) is 36.4 Å². The normalized spacial score (nSPS) is 30.0. The highest BCUT2D eigenvalue weighted by atomic mass is 14.8. The van der Waals surface area contributed by atoms with Gasteiger partial charge in [0.25, 0.3) is 0 Å².